The SMILES string of the molecule is C[Si](C)(C)c1cccc(C#CC(N)=O)c1. The van der Waals surface area contributed by atoms with Crippen LogP contribution in [0.15, 0.2) is 24.3 Å². The minimum Gasteiger partial charge on any atom is -0.359 e. The van der Waals surface area contributed by atoms with E-state index in [1.54, 1.807) is 0 Å². The van der Waals surface area contributed by atoms with E-state index in [4.69, 9.17) is 5.73 Å². The Morgan fingerprint density at radius 1 is 1.33 bits per heavy atom. The van der Waals surface area contributed by atoms with Crippen LogP contribution in [0.1, 0.15) is 5.56 Å². The molecule has 0 bridgehead atoms. The van der Waals surface area contributed by atoms with Crippen LogP contribution in [0.2, 0.25) is 19.6 Å². The van der Waals surface area contributed by atoms with E-state index >= 15 is 0 Å². The van der Waals surface area contributed by atoms with Crippen LogP contribution in [-0.2, 0) is 4.79 Å². The molecule has 0 radical (unpaired) electrons. The molecule has 0 aliphatic heterocycles. The highest BCUT2D eigenvalue weighted by atomic mass is 28.3. The van der Waals surface area contributed by atoms with Crippen molar-refractivity contribution in [1.29, 1.82) is 0 Å². The molecule has 0 saturated carbocycles. The molecule has 15 heavy (non-hydrogen) atoms. The van der Waals surface area contributed by atoms with Gasteiger partial charge in [-0.3, -0.25) is 4.79 Å². The highest BCUT2D eigenvalue weighted by molar-refractivity contribution is 6.88. The summed E-state index contributed by atoms with van der Waals surface area (Å²) in [4.78, 5) is 10.5. The normalized spacial score (nSPS) is 10.3. The summed E-state index contributed by atoms with van der Waals surface area (Å²) in [5.41, 5.74) is 5.82. The van der Waals surface area contributed by atoms with Gasteiger partial charge in [0.2, 0.25) is 0 Å². The topological polar surface area (TPSA) is 43.1 Å². The standard InChI is InChI=1S/C12H15NOSi/c1-15(2,3)11-6-4-5-10(9-11)7-8-12(13)14/h4-6,9H,1-3H3,(H2,13,14). The second-order valence-corrected chi connectivity index (χ2v) is 9.52. The summed E-state index contributed by atoms with van der Waals surface area (Å²) in [6.07, 6.45) is 0. The molecule has 0 unspecified atom stereocenters. The van der Waals surface area contributed by atoms with Crippen molar-refractivity contribution >= 4 is 19.2 Å². The number of carbonyl (C=O) groups is 1. The first-order valence-electron chi connectivity index (χ1n) is 4.81. The van der Waals surface area contributed by atoms with Gasteiger partial charge in [0.05, 0.1) is 8.07 Å². The monoisotopic (exact) mass is 217 g/mol. The largest absolute Gasteiger partial charge is 0.359 e. The Bertz CT molecular complexity index is 435. The summed E-state index contributed by atoms with van der Waals surface area (Å²) in [6.45, 7) is 6.81. The molecule has 1 aromatic carbocycles. The third-order valence-electron chi connectivity index (χ3n) is 2.06. The molecule has 0 saturated heterocycles. The Morgan fingerprint density at radius 2 is 2.00 bits per heavy atom. The highest BCUT2D eigenvalue weighted by Crippen LogP contribution is 2.04. The number of primary amides is 1. The summed E-state index contributed by atoms with van der Waals surface area (Å²) >= 11 is 0. The lowest BCUT2D eigenvalue weighted by Crippen LogP contribution is -2.37. The van der Waals surface area contributed by atoms with Crippen LogP contribution in [0.3, 0.4) is 0 Å². The third-order valence-corrected chi connectivity index (χ3v) is 4.10. The van der Waals surface area contributed by atoms with E-state index in [2.05, 4.69) is 37.5 Å². The minimum atomic E-state index is -1.30. The van der Waals surface area contributed by atoms with Crippen molar-refractivity contribution in [2.75, 3.05) is 0 Å². The Morgan fingerprint density at radius 3 is 2.53 bits per heavy atom. The van der Waals surface area contributed by atoms with E-state index in [9.17, 15) is 4.79 Å². The molecule has 0 heterocycles. The van der Waals surface area contributed by atoms with Crippen molar-refractivity contribution in [1.82, 2.24) is 0 Å². The second kappa shape index (κ2) is 4.33. The zero-order valence-electron chi connectivity index (χ0n) is 9.29. The molecule has 0 aromatic heterocycles. The number of amides is 1. The van der Waals surface area contributed by atoms with Gasteiger partial charge >= 0.3 is 0 Å². The third kappa shape index (κ3) is 3.60. The lowest BCUT2D eigenvalue weighted by atomic mass is 10.2. The van der Waals surface area contributed by atoms with E-state index < -0.39 is 14.0 Å². The summed E-state index contributed by atoms with van der Waals surface area (Å²) in [6, 6.07) is 8.02. The van der Waals surface area contributed by atoms with Crippen molar-refractivity contribution < 1.29 is 4.79 Å². The van der Waals surface area contributed by atoms with Gasteiger partial charge in [0.1, 0.15) is 0 Å². The molecular weight excluding hydrogens is 202 g/mol. The number of hydrogen-bond donors (Lipinski definition) is 1. The molecule has 0 fully saturated rings. The summed E-state index contributed by atoms with van der Waals surface area (Å²) in [5.74, 6) is 4.51. The maximum atomic E-state index is 10.5. The molecule has 3 heteroatoms. The van der Waals surface area contributed by atoms with Crippen LogP contribution in [0.4, 0.5) is 0 Å². The predicted octanol–water partition coefficient (Wildman–Crippen LogP) is 1.07. The summed E-state index contributed by atoms with van der Waals surface area (Å²) < 4.78 is 0. The number of benzene rings is 1. The molecule has 0 aliphatic rings. The maximum Gasteiger partial charge on any atom is 0.293 e. The zero-order chi connectivity index (χ0) is 11.5. The molecule has 2 nitrogen and oxygen atoms in total. The number of hydrogen-bond acceptors (Lipinski definition) is 1. The number of rotatable bonds is 1. The van der Waals surface area contributed by atoms with E-state index in [0.717, 1.165) is 5.56 Å². The fourth-order valence-electron chi connectivity index (χ4n) is 1.20. The smallest absolute Gasteiger partial charge is 0.293 e. The molecule has 0 aliphatic carbocycles. The lowest BCUT2D eigenvalue weighted by Gasteiger charge is -2.16. The Balaban J connectivity index is 3.05. The molecular formula is C12H15NOSi. The van der Waals surface area contributed by atoms with Crippen molar-refractivity contribution in [2.24, 2.45) is 5.73 Å². The molecule has 1 rings (SSSR count). The van der Waals surface area contributed by atoms with Gasteiger partial charge in [0.25, 0.3) is 5.91 Å². The summed E-state index contributed by atoms with van der Waals surface area (Å²) in [7, 11) is -1.30. The Labute approximate surface area is 91.5 Å². The molecule has 1 aromatic rings. The molecule has 78 valence electrons. The fraction of sp³-hybridized carbons (Fsp3) is 0.250. The molecule has 2 N–H and O–H groups in total. The van der Waals surface area contributed by atoms with Crippen LogP contribution in [0.25, 0.3) is 0 Å². The molecule has 1 amide bonds. The first kappa shape index (κ1) is 11.5. The van der Waals surface area contributed by atoms with Gasteiger partial charge in [-0.05, 0) is 18.1 Å². The van der Waals surface area contributed by atoms with Crippen molar-refractivity contribution in [3.05, 3.63) is 29.8 Å². The van der Waals surface area contributed by atoms with Crippen molar-refractivity contribution in [2.45, 2.75) is 19.6 Å². The van der Waals surface area contributed by atoms with Gasteiger partial charge in [-0.2, -0.15) is 0 Å². The quantitative estimate of drug-likeness (QED) is 0.555. The average molecular weight is 217 g/mol. The maximum absolute atomic E-state index is 10.5. The van der Waals surface area contributed by atoms with Gasteiger partial charge in [0, 0.05) is 5.56 Å². The van der Waals surface area contributed by atoms with Crippen molar-refractivity contribution in [3.63, 3.8) is 0 Å². The Kier molecular flexibility index (Phi) is 3.33. The van der Waals surface area contributed by atoms with Crippen LogP contribution in [0.5, 0.6) is 0 Å². The lowest BCUT2D eigenvalue weighted by molar-refractivity contribution is -0.112. The van der Waals surface area contributed by atoms with Gasteiger partial charge in [0.15, 0.2) is 0 Å². The van der Waals surface area contributed by atoms with Gasteiger partial charge in [-0.25, -0.2) is 0 Å². The van der Waals surface area contributed by atoms with Crippen LogP contribution >= 0.6 is 0 Å². The second-order valence-electron chi connectivity index (χ2n) is 4.45. The molecule has 0 spiro atoms. The minimum absolute atomic E-state index is 0.589. The molecule has 0 atom stereocenters. The van der Waals surface area contributed by atoms with Gasteiger partial charge in [-0.1, -0.05) is 42.9 Å². The van der Waals surface area contributed by atoms with Crippen molar-refractivity contribution in [3.8, 4) is 11.8 Å². The summed E-state index contributed by atoms with van der Waals surface area (Å²) in [5, 5.41) is 1.33. The highest BCUT2D eigenvalue weighted by Gasteiger charge is 2.15. The van der Waals surface area contributed by atoms with E-state index in [-0.39, 0.29) is 0 Å². The number of nitrogens with two attached hydrogens (primary N) is 1. The van der Waals surface area contributed by atoms with Gasteiger partial charge in [-0.15, -0.1) is 0 Å². The number of carbonyl (C=O) groups excluding carboxylic acids is 1. The first-order valence-corrected chi connectivity index (χ1v) is 8.31. The van der Waals surface area contributed by atoms with Crippen LogP contribution in [-0.4, -0.2) is 14.0 Å². The first-order chi connectivity index (χ1) is 6.89. The van der Waals surface area contributed by atoms with Gasteiger partial charge < -0.3 is 5.73 Å². The van der Waals surface area contributed by atoms with Crippen LogP contribution < -0.4 is 10.9 Å². The van der Waals surface area contributed by atoms with E-state index in [1.807, 2.05) is 18.2 Å². The fourth-order valence-corrected chi connectivity index (χ4v) is 2.38. The predicted molar refractivity (Wildman–Crippen MR) is 65.5 cm³/mol. The average Bonchev–Trinajstić information content (AvgIpc) is 2.14. The van der Waals surface area contributed by atoms with E-state index in [0.29, 0.717) is 0 Å². The Hall–Kier alpha value is -1.53. The van der Waals surface area contributed by atoms with E-state index in [1.165, 1.54) is 5.19 Å². The zero-order valence-corrected chi connectivity index (χ0v) is 10.3. The van der Waals surface area contributed by atoms with Crippen LogP contribution in [0, 0.1) is 11.8 Å².